The molecule has 0 aliphatic carbocycles. The van der Waals surface area contributed by atoms with Gasteiger partial charge in [-0.1, -0.05) is 18.2 Å². The van der Waals surface area contributed by atoms with Gasteiger partial charge in [-0.2, -0.15) is 5.10 Å². The lowest BCUT2D eigenvalue weighted by Crippen LogP contribution is -2.26. The molecule has 3 aromatic heterocycles. The van der Waals surface area contributed by atoms with Gasteiger partial charge < -0.3 is 5.32 Å². The molecule has 0 saturated heterocycles. The Labute approximate surface area is 173 Å². The van der Waals surface area contributed by atoms with Crippen molar-refractivity contribution in [2.75, 3.05) is 0 Å². The van der Waals surface area contributed by atoms with Crippen molar-refractivity contribution in [3.05, 3.63) is 82.8 Å². The first-order chi connectivity index (χ1) is 14.6. The first-order valence-electron chi connectivity index (χ1n) is 9.80. The summed E-state index contributed by atoms with van der Waals surface area (Å²) in [4.78, 5) is 33.9. The number of rotatable bonds is 7. The Morgan fingerprint density at radius 3 is 2.80 bits per heavy atom. The summed E-state index contributed by atoms with van der Waals surface area (Å²) in [5, 5.41) is 7.71. The molecular formula is C22H22N6O2. The van der Waals surface area contributed by atoms with Crippen LogP contribution in [0.25, 0.3) is 16.7 Å². The van der Waals surface area contributed by atoms with Crippen LogP contribution in [-0.2, 0) is 17.9 Å². The third kappa shape index (κ3) is 4.12. The van der Waals surface area contributed by atoms with E-state index < -0.39 is 0 Å². The maximum Gasteiger partial charge on any atom is 0.261 e. The van der Waals surface area contributed by atoms with E-state index in [4.69, 9.17) is 0 Å². The minimum Gasteiger partial charge on any atom is -0.352 e. The van der Waals surface area contributed by atoms with Gasteiger partial charge in [-0.15, -0.1) is 0 Å². The maximum atomic E-state index is 12.7. The number of nitrogens with one attached hydrogen (secondary N) is 1. The molecule has 0 fully saturated rings. The van der Waals surface area contributed by atoms with E-state index in [0.717, 1.165) is 5.56 Å². The fraction of sp³-hybridized carbons (Fsp3) is 0.227. The molecule has 0 spiro atoms. The smallest absolute Gasteiger partial charge is 0.261 e. The van der Waals surface area contributed by atoms with Crippen molar-refractivity contribution >= 4 is 16.8 Å². The highest BCUT2D eigenvalue weighted by molar-refractivity contribution is 5.77. The second-order valence-electron chi connectivity index (χ2n) is 6.95. The molecule has 1 aromatic carbocycles. The van der Waals surface area contributed by atoms with Gasteiger partial charge >= 0.3 is 0 Å². The third-order valence-corrected chi connectivity index (χ3v) is 4.90. The van der Waals surface area contributed by atoms with Crippen molar-refractivity contribution in [3.63, 3.8) is 0 Å². The molecule has 1 amide bonds. The molecule has 1 N–H and O–H groups in total. The Hall–Kier alpha value is -3.81. The first kappa shape index (κ1) is 19.5. The van der Waals surface area contributed by atoms with Gasteiger partial charge in [0, 0.05) is 43.7 Å². The van der Waals surface area contributed by atoms with Crippen LogP contribution in [0, 0.1) is 6.92 Å². The topological polar surface area (TPSA) is 94.7 Å². The van der Waals surface area contributed by atoms with Gasteiger partial charge in [0.25, 0.3) is 5.56 Å². The number of nitrogens with zero attached hydrogens (tertiary/aromatic N) is 5. The molecule has 4 aromatic rings. The van der Waals surface area contributed by atoms with Crippen molar-refractivity contribution in [1.29, 1.82) is 0 Å². The van der Waals surface area contributed by atoms with Crippen molar-refractivity contribution in [2.45, 2.75) is 32.9 Å². The van der Waals surface area contributed by atoms with Gasteiger partial charge in [0.2, 0.25) is 5.91 Å². The molecule has 152 valence electrons. The van der Waals surface area contributed by atoms with E-state index in [1.165, 1.54) is 0 Å². The van der Waals surface area contributed by atoms with E-state index in [1.54, 1.807) is 27.7 Å². The zero-order chi connectivity index (χ0) is 20.9. The summed E-state index contributed by atoms with van der Waals surface area (Å²) < 4.78 is 3.30. The maximum absolute atomic E-state index is 12.7. The third-order valence-electron chi connectivity index (χ3n) is 4.90. The summed E-state index contributed by atoms with van der Waals surface area (Å²) in [7, 11) is 0. The summed E-state index contributed by atoms with van der Waals surface area (Å²) in [6, 6.07) is 12.9. The van der Waals surface area contributed by atoms with Gasteiger partial charge in [0.05, 0.1) is 10.9 Å². The standard InChI is InChI=1S/C22H22N6O2/c1-16-26-19-9-3-2-8-18(19)22(30)27(16)13-5-10-20(29)24-15-17-7-4-11-23-21(17)28-14-6-12-25-28/h2-4,6-9,11-12,14H,5,10,13,15H2,1H3,(H,24,29). The normalized spacial score (nSPS) is 11.0. The predicted molar refractivity (Wildman–Crippen MR) is 113 cm³/mol. The Kier molecular flexibility index (Phi) is 5.65. The van der Waals surface area contributed by atoms with Crippen LogP contribution < -0.4 is 10.9 Å². The average molecular weight is 402 g/mol. The van der Waals surface area contributed by atoms with Crippen molar-refractivity contribution < 1.29 is 4.79 Å². The summed E-state index contributed by atoms with van der Waals surface area (Å²) in [5.41, 5.74) is 1.50. The Morgan fingerprint density at radius 1 is 1.10 bits per heavy atom. The number of hydrogen-bond acceptors (Lipinski definition) is 5. The van der Waals surface area contributed by atoms with Crippen LogP contribution in [0.15, 0.2) is 65.8 Å². The largest absolute Gasteiger partial charge is 0.352 e. The van der Waals surface area contributed by atoms with Gasteiger partial charge in [0.1, 0.15) is 5.82 Å². The van der Waals surface area contributed by atoms with Crippen molar-refractivity contribution in [2.24, 2.45) is 0 Å². The van der Waals surface area contributed by atoms with Gasteiger partial charge in [0.15, 0.2) is 5.82 Å². The molecule has 0 atom stereocenters. The molecule has 3 heterocycles. The van der Waals surface area contributed by atoms with Crippen LogP contribution in [0.1, 0.15) is 24.2 Å². The molecular weight excluding hydrogens is 380 g/mol. The average Bonchev–Trinajstić information content (AvgIpc) is 3.29. The number of para-hydroxylation sites is 1. The van der Waals surface area contributed by atoms with Gasteiger partial charge in [-0.25, -0.2) is 14.6 Å². The molecule has 0 aliphatic rings. The molecule has 4 rings (SSSR count). The molecule has 30 heavy (non-hydrogen) atoms. The van der Waals surface area contributed by atoms with Gasteiger partial charge in [-0.05, 0) is 37.6 Å². The van der Waals surface area contributed by atoms with Crippen LogP contribution in [0.2, 0.25) is 0 Å². The SMILES string of the molecule is Cc1nc2ccccc2c(=O)n1CCCC(=O)NCc1cccnc1-n1cccn1. The van der Waals surface area contributed by atoms with E-state index in [9.17, 15) is 9.59 Å². The lowest BCUT2D eigenvalue weighted by atomic mass is 10.2. The molecule has 8 heteroatoms. The zero-order valence-corrected chi connectivity index (χ0v) is 16.7. The summed E-state index contributed by atoms with van der Waals surface area (Å²) in [5.74, 6) is 1.26. The number of aryl methyl sites for hydroxylation is 1. The van der Waals surface area contributed by atoms with Gasteiger partial charge in [-0.3, -0.25) is 14.2 Å². The zero-order valence-electron chi connectivity index (χ0n) is 16.7. The fourth-order valence-corrected chi connectivity index (χ4v) is 3.39. The lowest BCUT2D eigenvalue weighted by Gasteiger charge is -2.11. The number of pyridine rings is 1. The van der Waals surface area contributed by atoms with Crippen molar-refractivity contribution in [3.8, 4) is 5.82 Å². The van der Waals surface area contributed by atoms with E-state index in [1.807, 2.05) is 49.5 Å². The molecule has 0 radical (unpaired) electrons. The predicted octanol–water partition coefficient (Wildman–Crippen LogP) is 2.38. The van der Waals surface area contributed by atoms with Crippen LogP contribution in [0.5, 0.6) is 0 Å². The molecule has 0 saturated carbocycles. The number of hydrogen-bond donors (Lipinski definition) is 1. The second-order valence-corrected chi connectivity index (χ2v) is 6.95. The molecule has 0 aliphatic heterocycles. The number of benzene rings is 1. The summed E-state index contributed by atoms with van der Waals surface area (Å²) in [6.45, 7) is 2.62. The van der Waals surface area contributed by atoms with Crippen LogP contribution in [0.3, 0.4) is 0 Å². The highest BCUT2D eigenvalue weighted by Crippen LogP contribution is 2.11. The fourth-order valence-electron chi connectivity index (χ4n) is 3.39. The van der Waals surface area contributed by atoms with Crippen LogP contribution in [0.4, 0.5) is 0 Å². The monoisotopic (exact) mass is 402 g/mol. The minimum absolute atomic E-state index is 0.0715. The quantitative estimate of drug-likeness (QED) is 0.512. The first-order valence-corrected chi connectivity index (χ1v) is 9.80. The number of fused-ring (bicyclic) bond motifs is 1. The Balaban J connectivity index is 1.36. The number of aromatic nitrogens is 5. The summed E-state index contributed by atoms with van der Waals surface area (Å²) in [6.07, 6.45) is 6.05. The van der Waals surface area contributed by atoms with Crippen molar-refractivity contribution in [1.82, 2.24) is 29.6 Å². The highest BCUT2D eigenvalue weighted by atomic mass is 16.1. The van der Waals surface area contributed by atoms with E-state index in [2.05, 4.69) is 20.4 Å². The van der Waals surface area contributed by atoms with E-state index in [0.29, 0.717) is 48.5 Å². The Morgan fingerprint density at radius 2 is 1.97 bits per heavy atom. The summed E-state index contributed by atoms with van der Waals surface area (Å²) >= 11 is 0. The molecule has 0 unspecified atom stereocenters. The molecule has 8 nitrogen and oxygen atoms in total. The lowest BCUT2D eigenvalue weighted by molar-refractivity contribution is -0.121. The highest BCUT2D eigenvalue weighted by Gasteiger charge is 2.10. The molecule has 0 bridgehead atoms. The minimum atomic E-state index is -0.0790. The van der Waals surface area contributed by atoms with Crippen LogP contribution >= 0.6 is 0 Å². The van der Waals surface area contributed by atoms with E-state index >= 15 is 0 Å². The second kappa shape index (κ2) is 8.69. The number of carbonyl (C=O) groups is 1. The Bertz CT molecular complexity index is 1230. The van der Waals surface area contributed by atoms with Crippen LogP contribution in [-0.4, -0.2) is 30.2 Å². The number of amides is 1. The van der Waals surface area contributed by atoms with E-state index in [-0.39, 0.29) is 11.5 Å². The number of carbonyl (C=O) groups excluding carboxylic acids is 1.